The number of hydrogen-bond acceptors (Lipinski definition) is 6. The third-order valence-corrected chi connectivity index (χ3v) is 3.33. The summed E-state index contributed by atoms with van der Waals surface area (Å²) < 4.78 is 7.31. The summed E-state index contributed by atoms with van der Waals surface area (Å²) >= 11 is 0. The maximum absolute atomic E-state index is 12.2. The highest BCUT2D eigenvalue weighted by atomic mass is 16.5. The number of aromatic nitrogens is 5. The van der Waals surface area contributed by atoms with Crippen LogP contribution in [-0.4, -0.2) is 31.1 Å². The second-order valence-corrected chi connectivity index (χ2v) is 4.91. The van der Waals surface area contributed by atoms with Gasteiger partial charge in [0.2, 0.25) is 0 Å². The van der Waals surface area contributed by atoms with Crippen molar-refractivity contribution in [3.63, 3.8) is 0 Å². The predicted octanol–water partition coefficient (Wildman–Crippen LogP) is 1.92. The minimum atomic E-state index is -0.192. The summed E-state index contributed by atoms with van der Waals surface area (Å²) in [7, 11) is 0. The van der Waals surface area contributed by atoms with Gasteiger partial charge in [0.05, 0.1) is 0 Å². The molecular formula is C16H16N6O2. The van der Waals surface area contributed by atoms with Crippen LogP contribution in [0.4, 0.5) is 5.69 Å². The summed E-state index contributed by atoms with van der Waals surface area (Å²) in [6.45, 7) is 2.90. The van der Waals surface area contributed by atoms with E-state index in [1.807, 2.05) is 6.92 Å². The number of tetrazole rings is 1. The van der Waals surface area contributed by atoms with Gasteiger partial charge in [0, 0.05) is 30.2 Å². The molecular weight excluding hydrogens is 308 g/mol. The van der Waals surface area contributed by atoms with Crippen LogP contribution < -0.4 is 10.1 Å². The lowest BCUT2D eigenvalue weighted by atomic mass is 10.2. The molecule has 8 nitrogen and oxygen atoms in total. The highest BCUT2D eigenvalue weighted by Crippen LogP contribution is 2.15. The Kier molecular flexibility index (Phi) is 4.76. The smallest absolute Gasteiger partial charge is 0.255 e. The summed E-state index contributed by atoms with van der Waals surface area (Å²) in [6, 6.07) is 10.3. The predicted molar refractivity (Wildman–Crippen MR) is 86.5 cm³/mol. The molecule has 122 valence electrons. The molecule has 1 N–H and O–H groups in total. The molecule has 1 aromatic carbocycles. The van der Waals surface area contributed by atoms with Crippen LogP contribution in [0.15, 0.2) is 48.8 Å². The number of carbonyl (C=O) groups is 1. The number of benzene rings is 1. The van der Waals surface area contributed by atoms with Gasteiger partial charge in [-0.1, -0.05) is 0 Å². The first-order valence-electron chi connectivity index (χ1n) is 7.45. The summed E-state index contributed by atoms with van der Waals surface area (Å²) in [5.41, 5.74) is 1.24. The zero-order valence-electron chi connectivity index (χ0n) is 13.1. The maximum atomic E-state index is 12.2. The van der Waals surface area contributed by atoms with Gasteiger partial charge in [0.15, 0.2) is 5.82 Å². The van der Waals surface area contributed by atoms with Crippen molar-refractivity contribution in [2.24, 2.45) is 0 Å². The van der Waals surface area contributed by atoms with E-state index in [2.05, 4.69) is 25.8 Å². The van der Waals surface area contributed by atoms with E-state index in [0.717, 1.165) is 0 Å². The number of pyridine rings is 1. The number of rotatable bonds is 6. The fourth-order valence-electron chi connectivity index (χ4n) is 2.06. The second kappa shape index (κ2) is 7.32. The van der Waals surface area contributed by atoms with Crippen LogP contribution in [0.5, 0.6) is 5.75 Å². The van der Waals surface area contributed by atoms with Crippen molar-refractivity contribution in [1.82, 2.24) is 25.2 Å². The molecule has 0 saturated carbocycles. The molecule has 2 heterocycles. The number of nitrogens with one attached hydrogen (secondary N) is 1. The Labute approximate surface area is 138 Å². The average Bonchev–Trinajstić information content (AvgIpc) is 3.09. The van der Waals surface area contributed by atoms with Gasteiger partial charge in [-0.25, -0.2) is 4.68 Å². The Hall–Kier alpha value is -3.29. The summed E-state index contributed by atoms with van der Waals surface area (Å²) in [5.74, 6) is 1.10. The number of ether oxygens (including phenoxy) is 1. The lowest BCUT2D eigenvalue weighted by Crippen LogP contribution is -2.11. The Morgan fingerprint density at radius 2 is 1.92 bits per heavy atom. The van der Waals surface area contributed by atoms with Gasteiger partial charge in [0.25, 0.3) is 5.91 Å². The third kappa shape index (κ3) is 3.72. The summed E-state index contributed by atoms with van der Waals surface area (Å²) in [6.07, 6.45) is 3.24. The van der Waals surface area contributed by atoms with E-state index < -0.39 is 0 Å². The normalized spacial score (nSPS) is 10.4. The molecule has 24 heavy (non-hydrogen) atoms. The van der Waals surface area contributed by atoms with E-state index in [-0.39, 0.29) is 12.5 Å². The van der Waals surface area contributed by atoms with Crippen LogP contribution in [0.1, 0.15) is 23.1 Å². The zero-order valence-corrected chi connectivity index (χ0v) is 13.1. The molecule has 1 amide bonds. The van der Waals surface area contributed by atoms with Crippen molar-refractivity contribution >= 4 is 11.6 Å². The van der Waals surface area contributed by atoms with Crippen molar-refractivity contribution < 1.29 is 9.53 Å². The minimum Gasteiger partial charge on any atom is -0.486 e. The molecule has 0 aliphatic rings. The molecule has 0 radical (unpaired) electrons. The molecule has 3 rings (SSSR count). The van der Waals surface area contributed by atoms with E-state index in [4.69, 9.17) is 4.74 Å². The van der Waals surface area contributed by atoms with Crippen LogP contribution in [0, 0.1) is 0 Å². The van der Waals surface area contributed by atoms with Crippen molar-refractivity contribution in [2.75, 3.05) is 5.32 Å². The highest BCUT2D eigenvalue weighted by molar-refractivity contribution is 6.04. The lowest BCUT2D eigenvalue weighted by molar-refractivity contribution is 0.102. The van der Waals surface area contributed by atoms with Crippen LogP contribution in [0.3, 0.4) is 0 Å². The molecule has 0 atom stereocenters. The second-order valence-electron chi connectivity index (χ2n) is 4.91. The van der Waals surface area contributed by atoms with E-state index in [1.54, 1.807) is 53.5 Å². The molecule has 0 aliphatic carbocycles. The fraction of sp³-hybridized carbons (Fsp3) is 0.188. The Morgan fingerprint density at radius 1 is 1.17 bits per heavy atom. The number of nitrogens with zero attached hydrogens (tertiary/aromatic N) is 5. The summed E-state index contributed by atoms with van der Waals surface area (Å²) in [5, 5.41) is 14.2. The van der Waals surface area contributed by atoms with Crippen molar-refractivity contribution in [2.45, 2.75) is 20.1 Å². The molecule has 0 bridgehead atoms. The van der Waals surface area contributed by atoms with Gasteiger partial charge in [0.1, 0.15) is 12.4 Å². The first-order chi connectivity index (χ1) is 11.8. The maximum Gasteiger partial charge on any atom is 0.255 e. The zero-order chi connectivity index (χ0) is 16.8. The van der Waals surface area contributed by atoms with Gasteiger partial charge < -0.3 is 10.1 Å². The SMILES string of the molecule is CCn1nnnc1COc1ccc(C(=O)Nc2ccncc2)cc1. The largest absolute Gasteiger partial charge is 0.486 e. The standard InChI is InChI=1S/C16H16N6O2/c1-2-22-15(19-20-21-22)11-24-14-5-3-12(4-6-14)16(23)18-13-7-9-17-10-8-13/h3-10H,2,11H2,1H3,(H,17,18,23). The first-order valence-corrected chi connectivity index (χ1v) is 7.45. The van der Waals surface area contributed by atoms with Crippen molar-refractivity contribution in [1.29, 1.82) is 0 Å². The monoisotopic (exact) mass is 324 g/mol. The van der Waals surface area contributed by atoms with Crippen LogP contribution in [-0.2, 0) is 13.2 Å². The van der Waals surface area contributed by atoms with Gasteiger partial charge in [-0.3, -0.25) is 9.78 Å². The minimum absolute atomic E-state index is 0.192. The molecule has 8 heteroatoms. The average molecular weight is 324 g/mol. The van der Waals surface area contributed by atoms with Gasteiger partial charge in [-0.2, -0.15) is 0 Å². The summed E-state index contributed by atoms with van der Waals surface area (Å²) in [4.78, 5) is 16.1. The number of hydrogen-bond donors (Lipinski definition) is 1. The van der Waals surface area contributed by atoms with E-state index >= 15 is 0 Å². The highest BCUT2D eigenvalue weighted by Gasteiger charge is 2.08. The molecule has 0 aliphatic heterocycles. The third-order valence-electron chi connectivity index (χ3n) is 3.33. The Balaban J connectivity index is 1.60. The Bertz CT molecular complexity index is 801. The van der Waals surface area contributed by atoms with Gasteiger partial charge >= 0.3 is 0 Å². The Morgan fingerprint density at radius 3 is 2.62 bits per heavy atom. The molecule has 3 aromatic rings. The number of carbonyl (C=O) groups excluding carboxylic acids is 1. The molecule has 0 unspecified atom stereocenters. The van der Waals surface area contributed by atoms with Crippen molar-refractivity contribution in [3.8, 4) is 5.75 Å². The first kappa shape index (κ1) is 15.6. The van der Waals surface area contributed by atoms with Crippen LogP contribution in [0.25, 0.3) is 0 Å². The number of amides is 1. The number of aryl methyl sites for hydroxylation is 1. The fourth-order valence-corrected chi connectivity index (χ4v) is 2.06. The van der Waals surface area contributed by atoms with E-state index in [9.17, 15) is 4.79 Å². The van der Waals surface area contributed by atoms with E-state index in [0.29, 0.717) is 29.4 Å². The lowest BCUT2D eigenvalue weighted by Gasteiger charge is -2.07. The van der Waals surface area contributed by atoms with Gasteiger partial charge in [-0.05, 0) is 53.7 Å². The van der Waals surface area contributed by atoms with Gasteiger partial charge in [-0.15, -0.1) is 5.10 Å². The van der Waals surface area contributed by atoms with Crippen LogP contribution in [0.2, 0.25) is 0 Å². The van der Waals surface area contributed by atoms with Crippen LogP contribution >= 0.6 is 0 Å². The number of anilines is 1. The molecule has 2 aromatic heterocycles. The van der Waals surface area contributed by atoms with E-state index in [1.165, 1.54) is 0 Å². The quantitative estimate of drug-likeness (QED) is 0.744. The molecule has 0 saturated heterocycles. The van der Waals surface area contributed by atoms with Crippen molar-refractivity contribution in [3.05, 3.63) is 60.2 Å². The molecule has 0 fully saturated rings. The molecule has 0 spiro atoms. The topological polar surface area (TPSA) is 94.8 Å².